The molecule has 1 saturated carbocycles. The molecule has 1 heterocycles. The topological polar surface area (TPSA) is 39.4 Å². The van der Waals surface area contributed by atoms with Crippen molar-refractivity contribution in [1.29, 1.82) is 0 Å². The van der Waals surface area contributed by atoms with Crippen molar-refractivity contribution in [3.63, 3.8) is 0 Å². The van der Waals surface area contributed by atoms with Gasteiger partial charge in [0.15, 0.2) is 0 Å². The van der Waals surface area contributed by atoms with Crippen molar-refractivity contribution in [2.75, 3.05) is 6.61 Å². The molecule has 3 heteroatoms. The van der Waals surface area contributed by atoms with Gasteiger partial charge < -0.3 is 9.15 Å². The van der Waals surface area contributed by atoms with Gasteiger partial charge in [-0.05, 0) is 49.1 Å². The maximum Gasteiger partial charge on any atom is 0.379 e. The molecule has 0 amide bonds. The SMILES string of the molecule is O=c1oc2ccccc2cc1OCCC12C=CC(CC1)C2. The maximum absolute atomic E-state index is 11.9. The molecule has 21 heavy (non-hydrogen) atoms. The normalized spacial score (nSPS) is 26.6. The minimum atomic E-state index is -0.391. The molecule has 2 aliphatic rings. The molecule has 0 saturated heterocycles. The first kappa shape index (κ1) is 12.7. The molecule has 2 atom stereocenters. The number of fused-ring (bicyclic) bond motifs is 3. The average molecular weight is 282 g/mol. The molecule has 108 valence electrons. The van der Waals surface area contributed by atoms with Crippen molar-refractivity contribution in [1.82, 2.24) is 0 Å². The minimum Gasteiger partial charge on any atom is -0.486 e. The van der Waals surface area contributed by atoms with E-state index in [0.717, 1.165) is 17.7 Å². The third-order valence-corrected chi connectivity index (χ3v) is 4.87. The van der Waals surface area contributed by atoms with E-state index >= 15 is 0 Å². The predicted octanol–water partition coefficient (Wildman–Crippen LogP) is 3.92. The summed E-state index contributed by atoms with van der Waals surface area (Å²) in [7, 11) is 0. The van der Waals surface area contributed by atoms with Gasteiger partial charge in [0.25, 0.3) is 0 Å². The predicted molar refractivity (Wildman–Crippen MR) is 81.5 cm³/mol. The van der Waals surface area contributed by atoms with Crippen LogP contribution in [0.25, 0.3) is 11.0 Å². The van der Waals surface area contributed by atoms with Crippen molar-refractivity contribution in [2.45, 2.75) is 25.7 Å². The van der Waals surface area contributed by atoms with E-state index in [1.54, 1.807) is 12.1 Å². The fourth-order valence-corrected chi connectivity index (χ4v) is 3.67. The maximum atomic E-state index is 11.9. The highest BCUT2D eigenvalue weighted by Crippen LogP contribution is 2.51. The lowest BCUT2D eigenvalue weighted by Gasteiger charge is -2.23. The highest BCUT2D eigenvalue weighted by Gasteiger charge is 2.40. The van der Waals surface area contributed by atoms with E-state index in [1.165, 1.54) is 19.3 Å². The molecular weight excluding hydrogens is 264 g/mol. The van der Waals surface area contributed by atoms with Gasteiger partial charge in [-0.15, -0.1) is 0 Å². The molecule has 2 bridgehead atoms. The van der Waals surface area contributed by atoms with Gasteiger partial charge in [0, 0.05) is 5.39 Å². The van der Waals surface area contributed by atoms with Gasteiger partial charge in [-0.2, -0.15) is 0 Å². The van der Waals surface area contributed by atoms with Crippen LogP contribution < -0.4 is 10.4 Å². The lowest BCUT2D eigenvalue weighted by molar-refractivity contribution is 0.235. The molecule has 1 aromatic carbocycles. The molecule has 1 aromatic heterocycles. The molecule has 2 aliphatic carbocycles. The number of benzene rings is 1. The summed E-state index contributed by atoms with van der Waals surface area (Å²) in [5, 5.41) is 0.895. The highest BCUT2D eigenvalue weighted by molar-refractivity contribution is 5.77. The first-order valence-electron chi connectivity index (χ1n) is 7.59. The summed E-state index contributed by atoms with van der Waals surface area (Å²) >= 11 is 0. The van der Waals surface area contributed by atoms with E-state index in [1.807, 2.05) is 18.2 Å². The second-order valence-electron chi connectivity index (χ2n) is 6.26. The Hall–Kier alpha value is -2.03. The molecule has 0 aliphatic heterocycles. The van der Waals surface area contributed by atoms with Crippen molar-refractivity contribution in [3.8, 4) is 5.75 Å². The van der Waals surface area contributed by atoms with Crippen LogP contribution in [0.3, 0.4) is 0 Å². The van der Waals surface area contributed by atoms with Gasteiger partial charge in [-0.3, -0.25) is 0 Å². The molecule has 4 rings (SSSR count). The van der Waals surface area contributed by atoms with Crippen LogP contribution in [0.4, 0.5) is 0 Å². The van der Waals surface area contributed by atoms with E-state index < -0.39 is 5.63 Å². The lowest BCUT2D eigenvalue weighted by atomic mass is 9.85. The zero-order chi connectivity index (χ0) is 14.3. The molecule has 2 aromatic rings. The van der Waals surface area contributed by atoms with Gasteiger partial charge in [-0.25, -0.2) is 4.79 Å². The second-order valence-corrected chi connectivity index (χ2v) is 6.26. The Bertz CT molecular complexity index is 758. The Morgan fingerprint density at radius 2 is 2.24 bits per heavy atom. The fourth-order valence-electron chi connectivity index (χ4n) is 3.67. The Balaban J connectivity index is 1.49. The Morgan fingerprint density at radius 3 is 3.00 bits per heavy atom. The number of para-hydroxylation sites is 1. The van der Waals surface area contributed by atoms with Gasteiger partial charge >= 0.3 is 5.63 Å². The summed E-state index contributed by atoms with van der Waals surface area (Å²) in [6, 6.07) is 9.27. The van der Waals surface area contributed by atoms with Gasteiger partial charge in [-0.1, -0.05) is 30.4 Å². The summed E-state index contributed by atoms with van der Waals surface area (Å²) in [6.45, 7) is 0.570. The van der Waals surface area contributed by atoms with Crippen molar-refractivity contribution >= 4 is 11.0 Å². The molecule has 0 radical (unpaired) electrons. The van der Waals surface area contributed by atoms with E-state index in [4.69, 9.17) is 9.15 Å². The van der Waals surface area contributed by atoms with E-state index in [9.17, 15) is 4.79 Å². The molecule has 0 N–H and O–H groups in total. The summed E-state index contributed by atoms with van der Waals surface area (Å²) < 4.78 is 11.0. The number of hydrogen-bond donors (Lipinski definition) is 0. The fraction of sp³-hybridized carbons (Fsp3) is 0.389. The Morgan fingerprint density at radius 1 is 1.33 bits per heavy atom. The number of ether oxygens (including phenoxy) is 1. The van der Waals surface area contributed by atoms with Crippen LogP contribution in [0.1, 0.15) is 25.7 Å². The van der Waals surface area contributed by atoms with Crippen molar-refractivity contribution < 1.29 is 9.15 Å². The minimum absolute atomic E-state index is 0.321. The lowest BCUT2D eigenvalue weighted by Crippen LogP contribution is -2.17. The highest BCUT2D eigenvalue weighted by atomic mass is 16.5. The van der Waals surface area contributed by atoms with Crippen LogP contribution >= 0.6 is 0 Å². The van der Waals surface area contributed by atoms with Crippen molar-refractivity contribution in [3.05, 3.63) is 52.9 Å². The first-order chi connectivity index (χ1) is 10.2. The zero-order valence-electron chi connectivity index (χ0n) is 11.9. The Labute approximate surface area is 123 Å². The van der Waals surface area contributed by atoms with Crippen LogP contribution in [0.2, 0.25) is 0 Å². The average Bonchev–Trinajstić information content (AvgIpc) is 3.08. The smallest absolute Gasteiger partial charge is 0.379 e. The summed E-state index contributed by atoms with van der Waals surface area (Å²) in [5.41, 5.74) is 0.532. The van der Waals surface area contributed by atoms with Gasteiger partial charge in [0.1, 0.15) is 5.58 Å². The molecule has 0 spiro atoms. The zero-order valence-corrected chi connectivity index (χ0v) is 11.9. The molecule has 3 nitrogen and oxygen atoms in total. The van der Waals surface area contributed by atoms with Crippen molar-refractivity contribution in [2.24, 2.45) is 11.3 Å². The van der Waals surface area contributed by atoms with Crippen LogP contribution in [-0.4, -0.2) is 6.61 Å². The number of hydrogen-bond acceptors (Lipinski definition) is 3. The third-order valence-electron chi connectivity index (χ3n) is 4.87. The summed E-state index contributed by atoms with van der Waals surface area (Å²) in [6.07, 6.45) is 9.48. The van der Waals surface area contributed by atoms with Crippen LogP contribution in [0, 0.1) is 11.3 Å². The quantitative estimate of drug-likeness (QED) is 0.630. The largest absolute Gasteiger partial charge is 0.486 e. The van der Waals surface area contributed by atoms with Crippen LogP contribution in [0.5, 0.6) is 5.75 Å². The summed E-state index contributed by atoms with van der Waals surface area (Å²) in [4.78, 5) is 11.9. The number of rotatable bonds is 4. The van der Waals surface area contributed by atoms with E-state index in [0.29, 0.717) is 23.4 Å². The molecular formula is C18H18O3. The van der Waals surface area contributed by atoms with E-state index in [-0.39, 0.29) is 0 Å². The van der Waals surface area contributed by atoms with Crippen LogP contribution in [-0.2, 0) is 0 Å². The molecule has 1 fully saturated rings. The monoisotopic (exact) mass is 282 g/mol. The number of allylic oxidation sites excluding steroid dienone is 2. The van der Waals surface area contributed by atoms with E-state index in [2.05, 4.69) is 12.2 Å². The standard InChI is InChI=1S/C18H18O3/c19-17-16(11-14-3-1-2-4-15(14)21-17)20-10-9-18-7-5-13(12-18)6-8-18/h1-5,7,11,13H,6,8-10,12H2. The van der Waals surface area contributed by atoms with Gasteiger partial charge in [0.2, 0.25) is 5.75 Å². The third kappa shape index (κ3) is 2.27. The van der Waals surface area contributed by atoms with Crippen LogP contribution in [0.15, 0.2) is 51.7 Å². The van der Waals surface area contributed by atoms with Gasteiger partial charge in [0.05, 0.1) is 6.61 Å². The first-order valence-corrected chi connectivity index (χ1v) is 7.59. The Kier molecular flexibility index (Phi) is 2.88. The molecule has 2 unspecified atom stereocenters. The summed E-state index contributed by atoms with van der Waals surface area (Å²) in [5.74, 6) is 1.09. The second kappa shape index (κ2) is 4.76.